The minimum atomic E-state index is -4.93. The van der Waals surface area contributed by atoms with Crippen LogP contribution in [-0.2, 0) is 86.4 Å². The molecule has 6 heterocycles. The predicted molar refractivity (Wildman–Crippen MR) is 294 cm³/mol. The zero-order valence-electron chi connectivity index (χ0n) is 48.6. The molecule has 0 bridgehead atoms. The summed E-state index contributed by atoms with van der Waals surface area (Å²) < 4.78 is 68.4. The van der Waals surface area contributed by atoms with Crippen molar-refractivity contribution in [2.24, 2.45) is 20.2 Å². The Hall–Kier alpha value is -12.1. The van der Waals surface area contributed by atoms with Crippen LogP contribution in [0.15, 0.2) is 68.8 Å². The Morgan fingerprint density at radius 3 is 1.05 bits per heavy atom. The number of nitrogens with zero attached hydrogens (tertiary/aromatic N) is 14. The van der Waals surface area contributed by atoms with Gasteiger partial charge in [0.15, 0.2) is 0 Å². The van der Waals surface area contributed by atoms with Gasteiger partial charge >= 0.3 is 24.3 Å². The van der Waals surface area contributed by atoms with Crippen LogP contribution in [0.3, 0.4) is 0 Å². The van der Waals surface area contributed by atoms with Crippen LogP contribution in [0.2, 0.25) is 0 Å². The van der Waals surface area contributed by atoms with E-state index < -0.39 is 102 Å². The number of nitrogens with one attached hydrogen (secondary N) is 2. The van der Waals surface area contributed by atoms with Crippen molar-refractivity contribution in [2.45, 2.75) is 76.6 Å². The van der Waals surface area contributed by atoms with Crippen molar-refractivity contribution in [1.82, 2.24) is 40.4 Å². The average molecular weight is 1340 g/mol. The van der Waals surface area contributed by atoms with E-state index in [2.05, 4.69) is 62.2 Å². The van der Waals surface area contributed by atoms with E-state index in [4.69, 9.17) is 23.9 Å². The number of carbonyl (C=O) groups excluding carboxylic acids is 16. The Morgan fingerprint density at radius 2 is 0.755 bits per heavy atom. The Labute approximate surface area is 525 Å². The Morgan fingerprint density at radius 1 is 0.468 bits per heavy atom. The van der Waals surface area contributed by atoms with E-state index in [1.54, 1.807) is 0 Å². The number of alkyl halides is 6. The number of halogens is 6. The maximum atomic E-state index is 11.4. The van der Waals surface area contributed by atoms with E-state index >= 15 is 0 Å². The molecule has 2 N–H and O–H groups in total. The summed E-state index contributed by atoms with van der Waals surface area (Å²) in [7, 11) is 0. The van der Waals surface area contributed by atoms with Gasteiger partial charge in [-0.2, -0.15) is 26.3 Å². The molecule has 6 aliphatic rings. The molecule has 504 valence electrons. The lowest BCUT2D eigenvalue weighted by molar-refractivity contribution is -0.263. The van der Waals surface area contributed by atoms with Gasteiger partial charge in [-0.25, -0.2) is 9.59 Å². The largest absolute Gasteiger partial charge is 0.856 e. The van der Waals surface area contributed by atoms with Gasteiger partial charge in [-0.1, -0.05) is 10.2 Å². The molecule has 36 nitrogen and oxygen atoms in total. The van der Waals surface area contributed by atoms with E-state index in [0.717, 1.165) is 43.9 Å². The highest BCUT2D eigenvalue weighted by Crippen LogP contribution is 2.17. The van der Waals surface area contributed by atoms with Gasteiger partial charge in [0, 0.05) is 175 Å². The lowest BCUT2D eigenvalue weighted by atomic mass is 10.3. The number of imide groups is 6. The smallest absolute Gasteiger partial charge is 0.419 e. The van der Waals surface area contributed by atoms with Crippen LogP contribution in [0.1, 0.15) is 64.2 Å². The first kappa shape index (κ1) is 80.0. The summed E-state index contributed by atoms with van der Waals surface area (Å²) in [4.78, 5) is 202. The molecule has 0 aromatic heterocycles. The highest BCUT2D eigenvalue weighted by molar-refractivity contribution is 6.15. The van der Waals surface area contributed by atoms with Gasteiger partial charge in [0.1, 0.15) is 0 Å². The monoisotopic (exact) mass is 1330 g/mol. The van der Waals surface area contributed by atoms with Crippen molar-refractivity contribution < 1.29 is 123 Å². The van der Waals surface area contributed by atoms with Gasteiger partial charge < -0.3 is 30.5 Å². The highest BCUT2D eigenvalue weighted by Gasteiger charge is 2.35. The minimum Gasteiger partial charge on any atom is -0.856 e. The SMILES string of the molecule is C#CCCN=C([O-])C(F)(F)F.C#CCCNC(=O)CCN1C(=O)C=CC1=O.O=C(CCN1C(=O)C=CC1=O)ON1C(=O)CCC1=O.O=C(CCN1C(=O)C=CC1=O)ON1C(=O)CCC1=O.[N-]=[N+]=NCCN=C([O-])C(F)(F)F.[N-]=[N+]=NCCNC(=O)CCN1C(=O)C=CC1=O. The molecule has 42 heteroatoms. The molecule has 2 fully saturated rings. The summed E-state index contributed by atoms with van der Waals surface area (Å²) in [5.74, 6) is -7.90. The molecule has 0 saturated carbocycles. The number of hydrogen-bond donors (Lipinski definition) is 2. The Balaban J connectivity index is 0.000000571. The summed E-state index contributed by atoms with van der Waals surface area (Å²) in [6, 6.07) is 0. The molecular formula is C52H52F6N16O20-2. The number of hydroxylamine groups is 4. The molecule has 0 radical (unpaired) electrons. The van der Waals surface area contributed by atoms with Crippen molar-refractivity contribution in [1.29, 1.82) is 0 Å². The van der Waals surface area contributed by atoms with Gasteiger partial charge in [0.2, 0.25) is 11.8 Å². The van der Waals surface area contributed by atoms with Crippen molar-refractivity contribution in [2.75, 3.05) is 65.4 Å². The van der Waals surface area contributed by atoms with Crippen LogP contribution in [0.4, 0.5) is 26.3 Å². The summed E-state index contributed by atoms with van der Waals surface area (Å²) in [5, 5.41) is 32.0. The second-order valence-corrected chi connectivity index (χ2v) is 17.6. The van der Waals surface area contributed by atoms with Crippen molar-refractivity contribution in [3.05, 3.63) is 69.5 Å². The molecule has 6 aliphatic heterocycles. The molecular weight excluding hydrogens is 1280 g/mol. The van der Waals surface area contributed by atoms with Crippen molar-refractivity contribution in [3.63, 3.8) is 0 Å². The van der Waals surface area contributed by atoms with Crippen LogP contribution >= 0.6 is 0 Å². The van der Waals surface area contributed by atoms with E-state index in [9.17, 15) is 113 Å². The van der Waals surface area contributed by atoms with Gasteiger partial charge in [-0.3, -0.25) is 96.7 Å². The minimum absolute atomic E-state index is 0.0130. The molecule has 94 heavy (non-hydrogen) atoms. The third kappa shape index (κ3) is 30.4. The predicted octanol–water partition coefficient (Wildman–Crippen LogP) is -2.06. The molecule has 0 spiro atoms. The van der Waals surface area contributed by atoms with Gasteiger partial charge in [-0.15, -0.1) is 34.8 Å². The van der Waals surface area contributed by atoms with Crippen LogP contribution in [-0.4, -0.2) is 214 Å². The number of terminal acetylenes is 2. The standard InChI is InChI=1S/2C11H10N2O6.C11H12N2O3.C9H11N5O3.C6H6F3NO.C4H5F3N4O/c2*14-7-1-2-8(15)12(7)6-5-11(18)19-13-9(16)3-4-10(13)17;1-2-3-7-12-9(14)6-8-13-10(15)4-5-11(13)16;10-13-12-5-4-11-7(15)3-6-14-8(16)1-2-9(14)17;1-2-3-4-10-5(11)6(7,8)9;5-4(6,7)3(12)9-1-2-10-11-8/h2*1-2H,3-6H2;1,4-5H,3,6-8H2,(H,12,14);1-2H,3-6H2,(H,11,15);1H,3-4H2,(H,10,11);1-2H2,(H,9,12)/p-2. The topological polar surface area (TPSA) is 503 Å². The summed E-state index contributed by atoms with van der Waals surface area (Å²) in [5.41, 5.74) is 15.7. The molecule has 0 aromatic carbocycles. The molecule has 0 unspecified atom stereocenters. The molecule has 2 saturated heterocycles. The fourth-order valence-corrected chi connectivity index (χ4v) is 6.43. The molecule has 0 aliphatic carbocycles. The van der Waals surface area contributed by atoms with Crippen molar-refractivity contribution >= 4 is 106 Å². The fourth-order valence-electron chi connectivity index (χ4n) is 6.43. The molecule has 0 atom stereocenters. The lowest BCUT2D eigenvalue weighted by Crippen LogP contribution is -2.35. The first-order valence-corrected chi connectivity index (χ1v) is 26.5. The zero-order chi connectivity index (χ0) is 71.1. The first-order valence-electron chi connectivity index (χ1n) is 26.5. The number of azide groups is 2. The quantitative estimate of drug-likeness (QED) is 0.0121. The van der Waals surface area contributed by atoms with E-state index in [1.165, 1.54) is 24.3 Å². The summed E-state index contributed by atoms with van der Waals surface area (Å²) in [6.45, 7) is -0.288. The first-order chi connectivity index (χ1) is 44.2. The third-order valence-corrected chi connectivity index (χ3v) is 10.9. The third-order valence-electron chi connectivity index (χ3n) is 10.9. The van der Waals surface area contributed by atoms with Gasteiger partial charge in [-0.05, 0) is 11.1 Å². The van der Waals surface area contributed by atoms with Crippen LogP contribution in [0.25, 0.3) is 20.9 Å². The van der Waals surface area contributed by atoms with Crippen LogP contribution in [0.5, 0.6) is 0 Å². The Kier molecular flexibility index (Phi) is 35.1. The molecule has 0 aromatic rings. The average Bonchev–Trinajstić information content (AvgIpc) is 1.90. The number of hydrogen-bond acceptors (Lipinski definition) is 24. The Bertz CT molecular complexity index is 3120. The van der Waals surface area contributed by atoms with E-state index in [0.29, 0.717) is 23.1 Å². The van der Waals surface area contributed by atoms with Gasteiger partial charge in [0.05, 0.1) is 24.6 Å². The number of carbonyl (C=O) groups is 16. The number of amides is 14. The maximum Gasteiger partial charge on any atom is 0.419 e. The van der Waals surface area contributed by atoms with E-state index in [-0.39, 0.29) is 134 Å². The van der Waals surface area contributed by atoms with Crippen LogP contribution < -0.4 is 20.8 Å². The molecule has 14 amide bonds. The normalized spacial score (nSPS) is 15.5. The number of aliphatic imine (C=N–C) groups is 2. The molecule has 6 rings (SSSR count). The van der Waals surface area contributed by atoms with Crippen molar-refractivity contribution in [3.8, 4) is 24.7 Å². The summed E-state index contributed by atoms with van der Waals surface area (Å²) >= 11 is 0. The fraction of sp³-hybridized carbons (Fsp3) is 0.423. The maximum absolute atomic E-state index is 11.4. The summed E-state index contributed by atoms with van der Waals surface area (Å²) in [6.07, 6.45) is 9.19. The second-order valence-electron chi connectivity index (χ2n) is 17.6. The second kappa shape index (κ2) is 41.3. The van der Waals surface area contributed by atoms with E-state index in [1.807, 2.05) is 0 Å². The lowest BCUT2D eigenvalue weighted by Gasteiger charge is -2.15. The van der Waals surface area contributed by atoms with Gasteiger partial charge in [0.25, 0.3) is 70.9 Å². The number of rotatable bonds is 24. The zero-order valence-corrected chi connectivity index (χ0v) is 48.6. The van der Waals surface area contributed by atoms with Crippen LogP contribution in [0, 0.1) is 24.7 Å². The highest BCUT2D eigenvalue weighted by atomic mass is 19.4.